The van der Waals surface area contributed by atoms with E-state index in [0.717, 1.165) is 5.56 Å². The van der Waals surface area contributed by atoms with Crippen molar-refractivity contribution in [2.45, 2.75) is 6.54 Å². The molecule has 0 N–H and O–H groups in total. The SMILES string of the molecule is O=c1ccc([N+](=O)[O-])cn1Cc1cccnc1. The fraction of sp³-hybridized carbons (Fsp3) is 0.0909. The molecular weight excluding hydrogens is 222 g/mol. The average Bonchev–Trinajstić information content (AvgIpc) is 2.33. The molecule has 86 valence electrons. The maximum atomic E-state index is 11.5. The minimum absolute atomic E-state index is 0.103. The molecule has 2 aromatic rings. The highest BCUT2D eigenvalue weighted by Gasteiger charge is 2.07. The van der Waals surface area contributed by atoms with E-state index in [1.165, 1.54) is 22.9 Å². The summed E-state index contributed by atoms with van der Waals surface area (Å²) in [5.41, 5.74) is 0.433. The quantitative estimate of drug-likeness (QED) is 0.587. The summed E-state index contributed by atoms with van der Waals surface area (Å²) >= 11 is 0. The van der Waals surface area contributed by atoms with Gasteiger partial charge in [0.15, 0.2) is 0 Å². The van der Waals surface area contributed by atoms with Crippen LogP contribution in [-0.4, -0.2) is 14.5 Å². The van der Waals surface area contributed by atoms with Gasteiger partial charge in [0.1, 0.15) is 0 Å². The normalized spacial score (nSPS) is 10.1. The van der Waals surface area contributed by atoms with E-state index < -0.39 is 4.92 Å². The molecule has 0 radical (unpaired) electrons. The average molecular weight is 231 g/mol. The van der Waals surface area contributed by atoms with Crippen molar-refractivity contribution in [1.29, 1.82) is 0 Å². The van der Waals surface area contributed by atoms with E-state index >= 15 is 0 Å². The molecular formula is C11H9N3O3. The van der Waals surface area contributed by atoms with Crippen LogP contribution < -0.4 is 5.56 Å². The van der Waals surface area contributed by atoms with E-state index in [9.17, 15) is 14.9 Å². The predicted octanol–water partition coefficient (Wildman–Crippen LogP) is 1.20. The third kappa shape index (κ3) is 2.54. The summed E-state index contributed by atoms with van der Waals surface area (Å²) < 4.78 is 1.29. The Kier molecular flexibility index (Phi) is 2.95. The molecule has 0 aliphatic heterocycles. The molecule has 0 amide bonds. The van der Waals surface area contributed by atoms with Gasteiger partial charge in [-0.15, -0.1) is 0 Å². The molecule has 6 heteroatoms. The molecule has 0 spiro atoms. The number of pyridine rings is 2. The van der Waals surface area contributed by atoms with Gasteiger partial charge in [-0.1, -0.05) is 6.07 Å². The van der Waals surface area contributed by atoms with E-state index in [1.807, 2.05) is 0 Å². The van der Waals surface area contributed by atoms with Gasteiger partial charge in [0.2, 0.25) is 0 Å². The minimum Gasteiger partial charge on any atom is -0.304 e. The standard InChI is InChI=1S/C11H9N3O3/c15-11-4-3-10(14(16)17)8-13(11)7-9-2-1-5-12-6-9/h1-6,8H,7H2. The summed E-state index contributed by atoms with van der Waals surface area (Å²) in [6.07, 6.45) is 4.47. The molecule has 6 nitrogen and oxygen atoms in total. The molecule has 0 aliphatic rings. The van der Waals surface area contributed by atoms with Crippen LogP contribution in [0.2, 0.25) is 0 Å². The molecule has 0 bridgehead atoms. The number of hydrogen-bond acceptors (Lipinski definition) is 4. The summed E-state index contributed by atoms with van der Waals surface area (Å²) in [5, 5.41) is 10.6. The van der Waals surface area contributed by atoms with Gasteiger partial charge in [0, 0.05) is 24.5 Å². The molecule has 0 saturated heterocycles. The van der Waals surface area contributed by atoms with Crippen molar-refractivity contribution < 1.29 is 4.92 Å². The second-order valence-electron chi connectivity index (χ2n) is 3.47. The topological polar surface area (TPSA) is 78.0 Å². The van der Waals surface area contributed by atoms with Gasteiger partial charge < -0.3 is 4.57 Å². The molecule has 17 heavy (non-hydrogen) atoms. The van der Waals surface area contributed by atoms with Crippen LogP contribution in [0.25, 0.3) is 0 Å². The fourth-order valence-electron chi connectivity index (χ4n) is 1.44. The Hall–Kier alpha value is -2.50. The summed E-state index contributed by atoms with van der Waals surface area (Å²) in [4.78, 5) is 25.5. The van der Waals surface area contributed by atoms with Crippen LogP contribution in [0.4, 0.5) is 5.69 Å². The summed E-state index contributed by atoms with van der Waals surface area (Å²) in [5.74, 6) is 0. The zero-order valence-electron chi connectivity index (χ0n) is 8.81. The molecule has 0 atom stereocenters. The Labute approximate surface area is 96.3 Å². The lowest BCUT2D eigenvalue weighted by Gasteiger charge is -2.04. The first kappa shape index (κ1) is 11.0. The molecule has 2 rings (SSSR count). The van der Waals surface area contributed by atoms with Gasteiger partial charge in [-0.05, 0) is 11.6 Å². The van der Waals surface area contributed by atoms with E-state index in [4.69, 9.17) is 0 Å². The zero-order chi connectivity index (χ0) is 12.3. The monoisotopic (exact) mass is 231 g/mol. The lowest BCUT2D eigenvalue weighted by molar-refractivity contribution is -0.385. The van der Waals surface area contributed by atoms with Crippen LogP contribution in [0.3, 0.4) is 0 Å². The first-order chi connectivity index (χ1) is 8.16. The third-order valence-electron chi connectivity index (χ3n) is 2.25. The van der Waals surface area contributed by atoms with Crippen molar-refractivity contribution in [3.8, 4) is 0 Å². The molecule has 0 fully saturated rings. The summed E-state index contributed by atoms with van der Waals surface area (Å²) in [7, 11) is 0. The Morgan fingerprint density at radius 2 is 2.18 bits per heavy atom. The molecule has 0 saturated carbocycles. The second-order valence-corrected chi connectivity index (χ2v) is 3.47. The van der Waals surface area contributed by atoms with E-state index in [2.05, 4.69) is 4.98 Å². The van der Waals surface area contributed by atoms with Crippen molar-refractivity contribution in [1.82, 2.24) is 9.55 Å². The van der Waals surface area contributed by atoms with Crippen LogP contribution in [0.5, 0.6) is 0 Å². The van der Waals surface area contributed by atoms with E-state index in [1.54, 1.807) is 24.5 Å². The number of hydrogen-bond donors (Lipinski definition) is 0. The highest BCUT2D eigenvalue weighted by atomic mass is 16.6. The fourth-order valence-corrected chi connectivity index (χ4v) is 1.44. The minimum atomic E-state index is -0.529. The highest BCUT2D eigenvalue weighted by molar-refractivity contribution is 5.25. The van der Waals surface area contributed by atoms with E-state index in [0.29, 0.717) is 0 Å². The molecule has 2 aromatic heterocycles. The molecule has 0 aromatic carbocycles. The largest absolute Gasteiger partial charge is 0.304 e. The van der Waals surface area contributed by atoms with Crippen LogP contribution in [0, 0.1) is 10.1 Å². The first-order valence-electron chi connectivity index (χ1n) is 4.90. The highest BCUT2D eigenvalue weighted by Crippen LogP contribution is 2.07. The molecule has 0 unspecified atom stereocenters. The van der Waals surface area contributed by atoms with Gasteiger partial charge in [-0.2, -0.15) is 0 Å². The number of nitro groups is 1. The van der Waals surface area contributed by atoms with Crippen LogP contribution in [0.15, 0.2) is 47.7 Å². The lowest BCUT2D eigenvalue weighted by Crippen LogP contribution is -2.19. The third-order valence-corrected chi connectivity index (χ3v) is 2.25. The van der Waals surface area contributed by atoms with Crippen LogP contribution in [-0.2, 0) is 6.54 Å². The Morgan fingerprint density at radius 1 is 1.35 bits per heavy atom. The van der Waals surface area contributed by atoms with Gasteiger partial charge in [0.25, 0.3) is 11.2 Å². The van der Waals surface area contributed by atoms with Gasteiger partial charge in [0.05, 0.1) is 17.7 Å². The smallest absolute Gasteiger partial charge is 0.285 e. The maximum absolute atomic E-state index is 11.5. The van der Waals surface area contributed by atoms with Crippen LogP contribution >= 0.6 is 0 Å². The van der Waals surface area contributed by atoms with Gasteiger partial charge >= 0.3 is 0 Å². The number of nitrogens with zero attached hydrogens (tertiary/aromatic N) is 3. The van der Waals surface area contributed by atoms with Crippen LogP contribution in [0.1, 0.15) is 5.56 Å². The number of rotatable bonds is 3. The second kappa shape index (κ2) is 4.56. The Balaban J connectivity index is 2.36. The Bertz CT molecular complexity index is 592. The predicted molar refractivity (Wildman–Crippen MR) is 60.7 cm³/mol. The Morgan fingerprint density at radius 3 is 2.82 bits per heavy atom. The van der Waals surface area contributed by atoms with Crippen molar-refractivity contribution in [2.75, 3.05) is 0 Å². The van der Waals surface area contributed by atoms with Crippen molar-refractivity contribution in [3.05, 3.63) is 68.9 Å². The zero-order valence-corrected chi connectivity index (χ0v) is 8.81. The van der Waals surface area contributed by atoms with Gasteiger partial charge in [-0.25, -0.2) is 0 Å². The van der Waals surface area contributed by atoms with E-state index in [-0.39, 0.29) is 17.8 Å². The number of aromatic nitrogens is 2. The molecule has 0 aliphatic carbocycles. The van der Waals surface area contributed by atoms with Crippen molar-refractivity contribution in [3.63, 3.8) is 0 Å². The van der Waals surface area contributed by atoms with Crippen molar-refractivity contribution in [2.24, 2.45) is 0 Å². The summed E-state index contributed by atoms with van der Waals surface area (Å²) in [6.45, 7) is 0.272. The summed E-state index contributed by atoms with van der Waals surface area (Å²) in [6, 6.07) is 5.94. The lowest BCUT2D eigenvalue weighted by atomic mass is 10.3. The van der Waals surface area contributed by atoms with Crippen molar-refractivity contribution >= 4 is 5.69 Å². The van der Waals surface area contributed by atoms with Gasteiger partial charge in [-0.3, -0.25) is 19.9 Å². The first-order valence-corrected chi connectivity index (χ1v) is 4.90. The maximum Gasteiger partial charge on any atom is 0.285 e. The molecule has 2 heterocycles.